The van der Waals surface area contributed by atoms with Gasteiger partial charge in [-0.2, -0.15) is 0 Å². The van der Waals surface area contributed by atoms with Crippen LogP contribution in [0, 0.1) is 11.8 Å². The first-order valence-electron chi connectivity index (χ1n) is 7.24. The summed E-state index contributed by atoms with van der Waals surface area (Å²) in [5.74, 6) is 0.251. The van der Waals surface area contributed by atoms with Crippen molar-refractivity contribution in [3.8, 4) is 0 Å². The van der Waals surface area contributed by atoms with E-state index in [1.54, 1.807) is 0 Å². The molecular weight excluding hydrogens is 250 g/mol. The Hall–Kier alpha value is -1.51. The molecule has 1 unspecified atom stereocenters. The van der Waals surface area contributed by atoms with E-state index >= 15 is 0 Å². The molecule has 1 rings (SSSR count). The van der Waals surface area contributed by atoms with Gasteiger partial charge in [-0.25, -0.2) is 0 Å². The Morgan fingerprint density at radius 1 is 1.20 bits per heavy atom. The summed E-state index contributed by atoms with van der Waals surface area (Å²) < 4.78 is 5.41. The van der Waals surface area contributed by atoms with Gasteiger partial charge in [0.1, 0.15) is 5.60 Å². The van der Waals surface area contributed by atoms with E-state index in [2.05, 4.69) is 6.92 Å². The van der Waals surface area contributed by atoms with Crippen LogP contribution in [-0.4, -0.2) is 11.6 Å². The van der Waals surface area contributed by atoms with Crippen LogP contribution < -0.4 is 5.73 Å². The summed E-state index contributed by atoms with van der Waals surface area (Å²) in [7, 11) is 0. The Bertz CT molecular complexity index is 431. The molecular formula is C17H27NO2. The van der Waals surface area contributed by atoms with Crippen molar-refractivity contribution in [2.24, 2.45) is 11.8 Å². The van der Waals surface area contributed by atoms with E-state index in [1.807, 2.05) is 52.0 Å². The van der Waals surface area contributed by atoms with Gasteiger partial charge in [-0.15, -0.1) is 0 Å². The molecule has 0 aliphatic heterocycles. The fourth-order valence-corrected chi connectivity index (χ4v) is 2.24. The summed E-state index contributed by atoms with van der Waals surface area (Å²) in [6, 6.07) is 7.92. The third kappa shape index (κ3) is 6.09. The highest BCUT2D eigenvalue weighted by atomic mass is 16.6. The first-order valence-corrected chi connectivity index (χ1v) is 7.24. The lowest BCUT2D eigenvalue weighted by Crippen LogP contribution is -2.28. The minimum atomic E-state index is -0.411. The van der Waals surface area contributed by atoms with Crippen LogP contribution in [0.2, 0.25) is 0 Å². The van der Waals surface area contributed by atoms with Crippen molar-refractivity contribution in [3.63, 3.8) is 0 Å². The Labute approximate surface area is 122 Å². The maximum Gasteiger partial charge on any atom is 0.309 e. The van der Waals surface area contributed by atoms with Crippen LogP contribution in [-0.2, 0) is 16.0 Å². The third-order valence-corrected chi connectivity index (χ3v) is 3.13. The Morgan fingerprint density at radius 3 is 2.25 bits per heavy atom. The topological polar surface area (TPSA) is 52.3 Å². The highest BCUT2D eigenvalue weighted by molar-refractivity contribution is 5.72. The lowest BCUT2D eigenvalue weighted by atomic mass is 9.91. The Balaban J connectivity index is 2.47. The second-order valence-electron chi connectivity index (χ2n) is 6.72. The van der Waals surface area contributed by atoms with Crippen LogP contribution in [0.1, 0.15) is 46.6 Å². The van der Waals surface area contributed by atoms with Crippen molar-refractivity contribution < 1.29 is 9.53 Å². The molecule has 2 N–H and O–H groups in total. The van der Waals surface area contributed by atoms with E-state index in [1.165, 1.54) is 5.56 Å². The van der Waals surface area contributed by atoms with Gasteiger partial charge in [-0.1, -0.05) is 26.0 Å². The monoisotopic (exact) mass is 277 g/mol. The molecule has 2 atom stereocenters. The fraction of sp³-hybridized carbons (Fsp3) is 0.588. The summed E-state index contributed by atoms with van der Waals surface area (Å²) in [6.07, 6.45) is 1.78. The second kappa shape index (κ2) is 6.78. The smallest absolute Gasteiger partial charge is 0.309 e. The number of ether oxygens (including phenoxy) is 1. The van der Waals surface area contributed by atoms with Crippen molar-refractivity contribution in [1.82, 2.24) is 0 Å². The maximum absolute atomic E-state index is 12.0. The molecule has 20 heavy (non-hydrogen) atoms. The van der Waals surface area contributed by atoms with Gasteiger partial charge < -0.3 is 10.5 Å². The molecule has 1 aromatic rings. The predicted molar refractivity (Wildman–Crippen MR) is 83.3 cm³/mol. The number of nitrogen functional groups attached to an aromatic ring is 1. The van der Waals surface area contributed by atoms with Crippen LogP contribution in [0.15, 0.2) is 24.3 Å². The second-order valence-corrected chi connectivity index (χ2v) is 6.72. The molecule has 0 saturated carbocycles. The number of nitrogens with two attached hydrogens (primary N) is 1. The van der Waals surface area contributed by atoms with Crippen LogP contribution in [0.25, 0.3) is 0 Å². The fourth-order valence-electron chi connectivity index (χ4n) is 2.24. The molecule has 0 aliphatic carbocycles. The Morgan fingerprint density at radius 2 is 1.75 bits per heavy atom. The minimum absolute atomic E-state index is 0.0713. The molecule has 0 amide bonds. The predicted octanol–water partition coefficient (Wildman–Crippen LogP) is 3.82. The van der Waals surface area contributed by atoms with Crippen molar-refractivity contribution in [3.05, 3.63) is 29.8 Å². The molecule has 0 heterocycles. The zero-order valence-corrected chi connectivity index (χ0v) is 13.3. The van der Waals surface area contributed by atoms with E-state index in [-0.39, 0.29) is 11.9 Å². The summed E-state index contributed by atoms with van der Waals surface area (Å²) in [4.78, 5) is 12.0. The first-order chi connectivity index (χ1) is 9.17. The van der Waals surface area contributed by atoms with Crippen molar-refractivity contribution in [2.45, 2.75) is 53.1 Å². The summed E-state index contributed by atoms with van der Waals surface area (Å²) in [6.45, 7) is 9.80. The van der Waals surface area contributed by atoms with E-state index < -0.39 is 5.60 Å². The lowest BCUT2D eigenvalue weighted by molar-refractivity contribution is -0.159. The highest BCUT2D eigenvalue weighted by Crippen LogP contribution is 2.20. The number of anilines is 1. The van der Waals surface area contributed by atoms with Crippen LogP contribution in [0.4, 0.5) is 5.69 Å². The summed E-state index contributed by atoms with van der Waals surface area (Å²) >= 11 is 0. The van der Waals surface area contributed by atoms with Gasteiger partial charge in [0.2, 0.25) is 0 Å². The van der Waals surface area contributed by atoms with Gasteiger partial charge in [-0.05, 0) is 57.2 Å². The first kappa shape index (κ1) is 16.5. The number of carbonyl (C=O) groups is 1. The summed E-state index contributed by atoms with van der Waals surface area (Å²) in [5, 5.41) is 0. The van der Waals surface area contributed by atoms with Gasteiger partial charge in [-0.3, -0.25) is 4.79 Å². The van der Waals surface area contributed by atoms with Gasteiger partial charge >= 0.3 is 5.97 Å². The number of rotatable bonds is 5. The van der Waals surface area contributed by atoms with E-state index in [0.717, 1.165) is 18.5 Å². The number of hydrogen-bond acceptors (Lipinski definition) is 3. The quantitative estimate of drug-likeness (QED) is 0.657. The van der Waals surface area contributed by atoms with E-state index in [9.17, 15) is 4.79 Å². The van der Waals surface area contributed by atoms with Crippen LogP contribution in [0.5, 0.6) is 0 Å². The van der Waals surface area contributed by atoms with Crippen molar-refractivity contribution >= 4 is 11.7 Å². The van der Waals surface area contributed by atoms with Gasteiger partial charge in [0.15, 0.2) is 0 Å². The summed E-state index contributed by atoms with van der Waals surface area (Å²) in [5.41, 5.74) is 7.30. The molecule has 0 radical (unpaired) electrons. The van der Waals surface area contributed by atoms with Crippen molar-refractivity contribution in [2.75, 3.05) is 5.73 Å². The normalized spacial score (nSPS) is 14.7. The molecule has 1 aromatic carbocycles. The van der Waals surface area contributed by atoms with Crippen molar-refractivity contribution in [1.29, 1.82) is 0 Å². The number of benzene rings is 1. The SMILES string of the molecule is CC(C[C@@H](C)Cc1ccc(N)cc1)C(=O)OC(C)(C)C. The van der Waals surface area contributed by atoms with Gasteiger partial charge in [0, 0.05) is 5.69 Å². The highest BCUT2D eigenvalue weighted by Gasteiger charge is 2.23. The van der Waals surface area contributed by atoms with E-state index in [0.29, 0.717) is 5.92 Å². The zero-order valence-electron chi connectivity index (χ0n) is 13.3. The standard InChI is InChI=1S/C17H27NO2/c1-12(11-14-6-8-15(18)9-7-14)10-13(2)16(19)20-17(3,4)5/h6-9,12-13H,10-11,18H2,1-5H3/t12-,13?/m1/s1. The third-order valence-electron chi connectivity index (χ3n) is 3.13. The number of carbonyl (C=O) groups excluding carboxylic acids is 1. The van der Waals surface area contributed by atoms with E-state index in [4.69, 9.17) is 10.5 Å². The minimum Gasteiger partial charge on any atom is -0.460 e. The molecule has 0 aliphatic rings. The number of hydrogen-bond donors (Lipinski definition) is 1. The van der Waals surface area contributed by atoms with Gasteiger partial charge in [0.05, 0.1) is 5.92 Å². The molecule has 112 valence electrons. The molecule has 0 aromatic heterocycles. The average molecular weight is 277 g/mol. The molecule has 3 heteroatoms. The van der Waals surface area contributed by atoms with Gasteiger partial charge in [0.25, 0.3) is 0 Å². The zero-order chi connectivity index (χ0) is 15.3. The molecule has 3 nitrogen and oxygen atoms in total. The molecule has 0 spiro atoms. The lowest BCUT2D eigenvalue weighted by Gasteiger charge is -2.23. The molecule has 0 bridgehead atoms. The maximum atomic E-state index is 12.0. The number of esters is 1. The van der Waals surface area contributed by atoms with Crippen LogP contribution in [0.3, 0.4) is 0 Å². The van der Waals surface area contributed by atoms with Crippen LogP contribution >= 0.6 is 0 Å². The molecule has 0 fully saturated rings. The molecule has 0 saturated heterocycles. The largest absolute Gasteiger partial charge is 0.460 e. The average Bonchev–Trinajstić information content (AvgIpc) is 2.29. The Kier molecular flexibility index (Phi) is 5.61.